The summed E-state index contributed by atoms with van der Waals surface area (Å²) in [5.41, 5.74) is 0.577. The SMILES string of the molecule is CCc1nccn1CCCOc1cc(C=O)ccc1OC. The van der Waals surface area contributed by atoms with Crippen LogP contribution in [0.2, 0.25) is 0 Å². The Kier molecular flexibility index (Phi) is 5.37. The van der Waals surface area contributed by atoms with Crippen molar-refractivity contribution in [2.24, 2.45) is 0 Å². The van der Waals surface area contributed by atoms with Crippen molar-refractivity contribution in [1.82, 2.24) is 9.55 Å². The van der Waals surface area contributed by atoms with E-state index in [0.717, 1.165) is 31.5 Å². The van der Waals surface area contributed by atoms with Crippen molar-refractivity contribution < 1.29 is 14.3 Å². The fourth-order valence-electron chi connectivity index (χ4n) is 2.15. The minimum Gasteiger partial charge on any atom is -0.493 e. The average molecular weight is 288 g/mol. The van der Waals surface area contributed by atoms with Crippen LogP contribution in [-0.4, -0.2) is 29.6 Å². The first kappa shape index (κ1) is 15.1. The van der Waals surface area contributed by atoms with Crippen LogP contribution in [0, 0.1) is 0 Å². The zero-order valence-electron chi connectivity index (χ0n) is 12.4. The third-order valence-corrected chi connectivity index (χ3v) is 3.24. The van der Waals surface area contributed by atoms with Crippen LogP contribution >= 0.6 is 0 Å². The summed E-state index contributed by atoms with van der Waals surface area (Å²) in [4.78, 5) is 15.1. The van der Waals surface area contributed by atoms with Gasteiger partial charge in [0.2, 0.25) is 0 Å². The quantitative estimate of drug-likeness (QED) is 0.553. The van der Waals surface area contributed by atoms with Gasteiger partial charge in [0.1, 0.15) is 12.1 Å². The summed E-state index contributed by atoms with van der Waals surface area (Å²) in [6, 6.07) is 5.14. The summed E-state index contributed by atoms with van der Waals surface area (Å²) in [6.45, 7) is 3.50. The van der Waals surface area contributed by atoms with Crippen LogP contribution in [0.4, 0.5) is 0 Å². The maximum absolute atomic E-state index is 10.8. The molecule has 0 aliphatic heterocycles. The lowest BCUT2D eigenvalue weighted by Gasteiger charge is -2.12. The Hall–Kier alpha value is -2.30. The average Bonchev–Trinajstić information content (AvgIpc) is 2.98. The second kappa shape index (κ2) is 7.47. The molecule has 2 rings (SSSR count). The van der Waals surface area contributed by atoms with Gasteiger partial charge in [-0.1, -0.05) is 6.92 Å². The smallest absolute Gasteiger partial charge is 0.161 e. The third-order valence-electron chi connectivity index (χ3n) is 3.24. The van der Waals surface area contributed by atoms with E-state index < -0.39 is 0 Å². The Balaban J connectivity index is 1.89. The van der Waals surface area contributed by atoms with E-state index in [-0.39, 0.29) is 0 Å². The topological polar surface area (TPSA) is 53.4 Å². The molecule has 0 atom stereocenters. The molecule has 1 heterocycles. The van der Waals surface area contributed by atoms with Crippen molar-refractivity contribution in [3.63, 3.8) is 0 Å². The van der Waals surface area contributed by atoms with Crippen molar-refractivity contribution in [2.75, 3.05) is 13.7 Å². The molecule has 0 N–H and O–H groups in total. The molecule has 112 valence electrons. The second-order valence-corrected chi connectivity index (χ2v) is 4.62. The molecule has 0 saturated heterocycles. The molecule has 2 aromatic rings. The minimum atomic E-state index is 0.556. The number of imidazole rings is 1. The molecular weight excluding hydrogens is 268 g/mol. The molecule has 0 bridgehead atoms. The summed E-state index contributed by atoms with van der Waals surface area (Å²) < 4.78 is 13.1. The van der Waals surface area contributed by atoms with E-state index in [4.69, 9.17) is 9.47 Å². The molecule has 0 fully saturated rings. The van der Waals surface area contributed by atoms with Gasteiger partial charge in [-0.05, 0) is 24.6 Å². The fourth-order valence-corrected chi connectivity index (χ4v) is 2.15. The lowest BCUT2D eigenvalue weighted by atomic mass is 10.2. The van der Waals surface area contributed by atoms with Gasteiger partial charge in [0, 0.05) is 30.9 Å². The predicted octanol–water partition coefficient (Wildman–Crippen LogP) is 2.74. The number of aromatic nitrogens is 2. The predicted molar refractivity (Wildman–Crippen MR) is 80.1 cm³/mol. The maximum atomic E-state index is 10.8. The van der Waals surface area contributed by atoms with Gasteiger partial charge in [-0.15, -0.1) is 0 Å². The molecular formula is C16H20N2O3. The van der Waals surface area contributed by atoms with E-state index in [0.29, 0.717) is 23.7 Å². The van der Waals surface area contributed by atoms with E-state index in [1.807, 2.05) is 12.4 Å². The normalized spacial score (nSPS) is 10.4. The Morgan fingerprint density at radius 3 is 2.90 bits per heavy atom. The first-order chi connectivity index (χ1) is 10.3. The van der Waals surface area contributed by atoms with Crippen molar-refractivity contribution in [1.29, 1.82) is 0 Å². The largest absolute Gasteiger partial charge is 0.493 e. The van der Waals surface area contributed by atoms with E-state index in [9.17, 15) is 4.79 Å². The van der Waals surface area contributed by atoms with Gasteiger partial charge >= 0.3 is 0 Å². The lowest BCUT2D eigenvalue weighted by molar-refractivity contribution is 0.112. The zero-order chi connectivity index (χ0) is 15.1. The Morgan fingerprint density at radius 2 is 2.19 bits per heavy atom. The molecule has 5 nitrogen and oxygen atoms in total. The summed E-state index contributed by atoms with van der Waals surface area (Å²) in [5, 5.41) is 0. The van der Waals surface area contributed by atoms with Crippen LogP contribution in [0.15, 0.2) is 30.6 Å². The first-order valence-corrected chi connectivity index (χ1v) is 7.04. The van der Waals surface area contributed by atoms with Gasteiger partial charge in [0.25, 0.3) is 0 Å². The molecule has 0 unspecified atom stereocenters. The van der Waals surface area contributed by atoms with E-state index >= 15 is 0 Å². The number of aldehydes is 1. The maximum Gasteiger partial charge on any atom is 0.161 e. The summed E-state index contributed by atoms with van der Waals surface area (Å²) in [6.07, 6.45) is 6.37. The van der Waals surface area contributed by atoms with E-state index in [1.165, 1.54) is 0 Å². The number of nitrogens with zero attached hydrogens (tertiary/aromatic N) is 2. The number of aryl methyl sites for hydroxylation is 2. The van der Waals surface area contributed by atoms with Crippen LogP contribution in [0.5, 0.6) is 11.5 Å². The van der Waals surface area contributed by atoms with Gasteiger partial charge < -0.3 is 14.0 Å². The number of carbonyl (C=O) groups is 1. The van der Waals surface area contributed by atoms with Crippen molar-refractivity contribution in [2.45, 2.75) is 26.3 Å². The van der Waals surface area contributed by atoms with Gasteiger partial charge in [-0.25, -0.2) is 4.98 Å². The second-order valence-electron chi connectivity index (χ2n) is 4.62. The van der Waals surface area contributed by atoms with Crippen LogP contribution in [0.1, 0.15) is 29.5 Å². The van der Waals surface area contributed by atoms with Crippen LogP contribution in [-0.2, 0) is 13.0 Å². The summed E-state index contributed by atoms with van der Waals surface area (Å²) in [5.74, 6) is 2.32. The van der Waals surface area contributed by atoms with Gasteiger partial charge in [-0.2, -0.15) is 0 Å². The van der Waals surface area contributed by atoms with Crippen molar-refractivity contribution in [3.05, 3.63) is 42.0 Å². The molecule has 0 aliphatic carbocycles. The van der Waals surface area contributed by atoms with Crippen molar-refractivity contribution >= 4 is 6.29 Å². The monoisotopic (exact) mass is 288 g/mol. The van der Waals surface area contributed by atoms with Gasteiger partial charge in [0.15, 0.2) is 11.5 Å². The van der Waals surface area contributed by atoms with Crippen LogP contribution < -0.4 is 9.47 Å². The Bertz CT molecular complexity index is 593. The summed E-state index contributed by atoms with van der Waals surface area (Å²) in [7, 11) is 1.59. The third kappa shape index (κ3) is 3.84. The summed E-state index contributed by atoms with van der Waals surface area (Å²) >= 11 is 0. The number of hydrogen-bond acceptors (Lipinski definition) is 4. The Labute approximate surface area is 124 Å². The van der Waals surface area contributed by atoms with Gasteiger partial charge in [-0.3, -0.25) is 4.79 Å². The Morgan fingerprint density at radius 1 is 1.33 bits per heavy atom. The highest BCUT2D eigenvalue weighted by molar-refractivity contribution is 5.76. The number of benzene rings is 1. The highest BCUT2D eigenvalue weighted by atomic mass is 16.5. The first-order valence-electron chi connectivity index (χ1n) is 7.04. The molecule has 1 aromatic carbocycles. The molecule has 1 aromatic heterocycles. The van der Waals surface area contributed by atoms with Crippen molar-refractivity contribution in [3.8, 4) is 11.5 Å². The lowest BCUT2D eigenvalue weighted by Crippen LogP contribution is -2.07. The fraction of sp³-hybridized carbons (Fsp3) is 0.375. The van der Waals surface area contributed by atoms with Gasteiger partial charge in [0.05, 0.1) is 13.7 Å². The molecule has 21 heavy (non-hydrogen) atoms. The highest BCUT2D eigenvalue weighted by Crippen LogP contribution is 2.27. The molecule has 0 radical (unpaired) electrons. The molecule has 0 spiro atoms. The van der Waals surface area contributed by atoms with Crippen LogP contribution in [0.3, 0.4) is 0 Å². The van der Waals surface area contributed by atoms with E-state index in [2.05, 4.69) is 16.5 Å². The molecule has 0 amide bonds. The molecule has 5 heteroatoms. The highest BCUT2D eigenvalue weighted by Gasteiger charge is 2.06. The number of rotatable bonds is 8. The zero-order valence-corrected chi connectivity index (χ0v) is 12.4. The minimum absolute atomic E-state index is 0.556. The molecule has 0 saturated carbocycles. The number of hydrogen-bond donors (Lipinski definition) is 0. The van der Waals surface area contributed by atoms with Crippen LogP contribution in [0.25, 0.3) is 0 Å². The number of methoxy groups -OCH3 is 1. The number of carbonyl (C=O) groups excluding carboxylic acids is 1. The van der Waals surface area contributed by atoms with E-state index in [1.54, 1.807) is 25.3 Å². The number of ether oxygens (including phenoxy) is 2. The standard InChI is InChI=1S/C16H20N2O3/c1-3-16-17-7-9-18(16)8-4-10-21-15-11-13(12-19)5-6-14(15)20-2/h5-7,9,11-12H,3-4,8,10H2,1-2H3. The molecule has 0 aliphatic rings.